The summed E-state index contributed by atoms with van der Waals surface area (Å²) in [5, 5.41) is 2.94. The first-order valence-corrected chi connectivity index (χ1v) is 11.4. The molecule has 0 aliphatic carbocycles. The normalized spacial score (nSPS) is 13.6. The van der Waals surface area contributed by atoms with E-state index in [4.69, 9.17) is 9.15 Å². The number of rotatable bonds is 8. The Bertz CT molecular complexity index is 1060. The van der Waals surface area contributed by atoms with Gasteiger partial charge >= 0.3 is 0 Å². The number of ether oxygens (including phenoxy) is 1. The van der Waals surface area contributed by atoms with Crippen LogP contribution in [0.1, 0.15) is 40.7 Å². The fraction of sp³-hybridized carbons (Fsp3) is 0.308. The van der Waals surface area contributed by atoms with Crippen molar-refractivity contribution < 1.29 is 18.7 Å². The molecule has 2 aromatic carbocycles. The highest BCUT2D eigenvalue weighted by Gasteiger charge is 2.23. The van der Waals surface area contributed by atoms with Crippen molar-refractivity contribution in [1.29, 1.82) is 0 Å². The second-order valence-electron chi connectivity index (χ2n) is 7.99. The van der Waals surface area contributed by atoms with Crippen molar-refractivity contribution in [2.24, 2.45) is 0 Å². The van der Waals surface area contributed by atoms with Crippen LogP contribution in [0.3, 0.4) is 0 Å². The lowest BCUT2D eigenvalue weighted by Crippen LogP contribution is -2.48. The van der Waals surface area contributed by atoms with Crippen LogP contribution in [-0.4, -0.2) is 49.5 Å². The van der Waals surface area contributed by atoms with E-state index in [0.29, 0.717) is 36.8 Å². The molecule has 1 saturated heterocycles. The second kappa shape index (κ2) is 10.7. The summed E-state index contributed by atoms with van der Waals surface area (Å²) < 4.78 is 10.9. The van der Waals surface area contributed by atoms with Crippen molar-refractivity contribution in [3.63, 3.8) is 0 Å². The summed E-state index contributed by atoms with van der Waals surface area (Å²) in [6.07, 6.45) is 3.56. The molecule has 0 unspecified atom stereocenters. The van der Waals surface area contributed by atoms with Crippen molar-refractivity contribution in [2.45, 2.75) is 19.8 Å². The van der Waals surface area contributed by atoms with Gasteiger partial charge in [0, 0.05) is 43.1 Å². The van der Waals surface area contributed by atoms with Gasteiger partial charge in [-0.25, -0.2) is 0 Å². The largest absolute Gasteiger partial charge is 0.494 e. The minimum Gasteiger partial charge on any atom is -0.494 e. The van der Waals surface area contributed by atoms with Gasteiger partial charge in [-0.2, -0.15) is 0 Å². The molecule has 7 nitrogen and oxygen atoms in total. The number of nitrogens with zero attached hydrogens (tertiary/aromatic N) is 2. The summed E-state index contributed by atoms with van der Waals surface area (Å²) in [4.78, 5) is 29.1. The molecular weight excluding hydrogens is 418 g/mol. The molecule has 0 saturated carbocycles. The number of amides is 2. The first-order chi connectivity index (χ1) is 16.1. The summed E-state index contributed by atoms with van der Waals surface area (Å²) in [7, 11) is 0. The van der Waals surface area contributed by atoms with Crippen LogP contribution >= 0.6 is 0 Å². The number of unbranched alkanes of at least 4 members (excludes halogenated alkanes) is 1. The number of hydrogen-bond donors (Lipinski definition) is 1. The first kappa shape index (κ1) is 22.5. The van der Waals surface area contributed by atoms with E-state index in [1.807, 2.05) is 41.3 Å². The molecule has 172 valence electrons. The predicted molar refractivity (Wildman–Crippen MR) is 128 cm³/mol. The molecule has 2 amide bonds. The number of carbonyl (C=O) groups is 2. The van der Waals surface area contributed by atoms with Crippen molar-refractivity contribution in [3.8, 4) is 5.75 Å². The fourth-order valence-electron chi connectivity index (χ4n) is 3.74. The molecule has 0 atom stereocenters. The molecule has 4 rings (SSSR count). The Morgan fingerprint density at radius 2 is 1.79 bits per heavy atom. The van der Waals surface area contributed by atoms with Gasteiger partial charge in [-0.05, 0) is 61.0 Å². The van der Waals surface area contributed by atoms with E-state index in [2.05, 4.69) is 17.1 Å². The minimum absolute atomic E-state index is 0.0717. The monoisotopic (exact) mass is 447 g/mol. The maximum absolute atomic E-state index is 12.7. The Morgan fingerprint density at radius 1 is 1.00 bits per heavy atom. The van der Waals surface area contributed by atoms with Crippen molar-refractivity contribution in [2.75, 3.05) is 43.0 Å². The van der Waals surface area contributed by atoms with Gasteiger partial charge in [-0.15, -0.1) is 0 Å². The Labute approximate surface area is 193 Å². The zero-order chi connectivity index (χ0) is 23.0. The maximum atomic E-state index is 12.7. The fourth-order valence-corrected chi connectivity index (χ4v) is 3.74. The topological polar surface area (TPSA) is 75.0 Å². The minimum atomic E-state index is -0.172. The molecular formula is C26H29N3O4. The molecule has 0 spiro atoms. The molecule has 1 fully saturated rings. The average Bonchev–Trinajstić information content (AvgIpc) is 3.40. The molecule has 3 aromatic rings. The molecule has 0 radical (unpaired) electrons. The Morgan fingerprint density at radius 3 is 2.48 bits per heavy atom. The van der Waals surface area contributed by atoms with E-state index in [-0.39, 0.29) is 11.8 Å². The standard InChI is InChI=1S/C26H29N3O4/c1-2-3-17-32-23-7-4-6-20(19-23)25(30)27-21-9-11-22(12-10-21)28-13-15-29(16-14-28)26(31)24-8-5-18-33-24/h4-12,18-19H,2-3,13-17H2,1H3,(H,27,30). The smallest absolute Gasteiger partial charge is 0.289 e. The number of furan rings is 1. The van der Waals surface area contributed by atoms with Gasteiger partial charge in [0.2, 0.25) is 0 Å². The summed E-state index contributed by atoms with van der Waals surface area (Å²) in [6, 6.07) is 18.4. The molecule has 1 aliphatic heterocycles. The van der Waals surface area contributed by atoms with Crippen LogP contribution in [-0.2, 0) is 0 Å². The molecule has 33 heavy (non-hydrogen) atoms. The SMILES string of the molecule is CCCCOc1cccc(C(=O)Nc2ccc(N3CCN(C(=O)c4ccco4)CC3)cc2)c1. The van der Waals surface area contributed by atoms with Crippen LogP contribution in [0.4, 0.5) is 11.4 Å². The number of hydrogen-bond acceptors (Lipinski definition) is 5. The van der Waals surface area contributed by atoms with Gasteiger partial charge in [-0.1, -0.05) is 19.4 Å². The number of carbonyl (C=O) groups excluding carboxylic acids is 2. The summed E-state index contributed by atoms with van der Waals surface area (Å²) in [5.74, 6) is 0.837. The van der Waals surface area contributed by atoms with E-state index in [1.165, 1.54) is 6.26 Å². The number of anilines is 2. The van der Waals surface area contributed by atoms with Crippen molar-refractivity contribution in [1.82, 2.24) is 4.90 Å². The number of benzene rings is 2. The Kier molecular flexibility index (Phi) is 7.29. The molecule has 1 N–H and O–H groups in total. The molecule has 7 heteroatoms. The molecule has 1 aromatic heterocycles. The summed E-state index contributed by atoms with van der Waals surface area (Å²) in [5.41, 5.74) is 2.35. The Hall–Kier alpha value is -3.74. The van der Waals surface area contributed by atoms with Gasteiger partial charge in [0.25, 0.3) is 11.8 Å². The second-order valence-corrected chi connectivity index (χ2v) is 7.99. The van der Waals surface area contributed by atoms with Crippen LogP contribution in [0.5, 0.6) is 5.75 Å². The zero-order valence-corrected chi connectivity index (χ0v) is 18.8. The third-order valence-corrected chi connectivity index (χ3v) is 5.65. The van der Waals surface area contributed by atoms with Gasteiger partial charge in [0.15, 0.2) is 5.76 Å². The van der Waals surface area contributed by atoms with E-state index in [1.54, 1.807) is 24.3 Å². The maximum Gasteiger partial charge on any atom is 0.289 e. The first-order valence-electron chi connectivity index (χ1n) is 11.4. The lowest BCUT2D eigenvalue weighted by Gasteiger charge is -2.35. The average molecular weight is 448 g/mol. The summed E-state index contributed by atoms with van der Waals surface area (Å²) in [6.45, 7) is 5.51. The third kappa shape index (κ3) is 5.74. The van der Waals surface area contributed by atoms with E-state index in [0.717, 1.165) is 37.3 Å². The quantitative estimate of drug-likeness (QED) is 0.508. The molecule has 1 aliphatic rings. The van der Waals surface area contributed by atoms with Gasteiger partial charge < -0.3 is 24.3 Å². The highest BCUT2D eigenvalue weighted by molar-refractivity contribution is 6.04. The summed E-state index contributed by atoms with van der Waals surface area (Å²) >= 11 is 0. The predicted octanol–water partition coefficient (Wildman–Crippen LogP) is 4.67. The van der Waals surface area contributed by atoms with Crippen LogP contribution in [0.2, 0.25) is 0 Å². The van der Waals surface area contributed by atoms with Gasteiger partial charge in [-0.3, -0.25) is 9.59 Å². The van der Waals surface area contributed by atoms with E-state index >= 15 is 0 Å². The van der Waals surface area contributed by atoms with Crippen LogP contribution in [0.25, 0.3) is 0 Å². The van der Waals surface area contributed by atoms with Crippen LogP contribution < -0.4 is 15.0 Å². The van der Waals surface area contributed by atoms with Crippen LogP contribution in [0.15, 0.2) is 71.3 Å². The number of nitrogens with one attached hydrogen (secondary N) is 1. The van der Waals surface area contributed by atoms with Gasteiger partial charge in [0.05, 0.1) is 12.9 Å². The van der Waals surface area contributed by atoms with E-state index in [9.17, 15) is 9.59 Å². The molecule has 0 bridgehead atoms. The van der Waals surface area contributed by atoms with Crippen LogP contribution in [0, 0.1) is 0 Å². The van der Waals surface area contributed by atoms with Gasteiger partial charge in [0.1, 0.15) is 5.75 Å². The van der Waals surface area contributed by atoms with E-state index < -0.39 is 0 Å². The van der Waals surface area contributed by atoms with Crippen molar-refractivity contribution in [3.05, 3.63) is 78.3 Å². The third-order valence-electron chi connectivity index (χ3n) is 5.65. The lowest BCUT2D eigenvalue weighted by molar-refractivity contribution is 0.0714. The lowest BCUT2D eigenvalue weighted by atomic mass is 10.2. The highest BCUT2D eigenvalue weighted by Crippen LogP contribution is 2.21. The highest BCUT2D eigenvalue weighted by atomic mass is 16.5. The zero-order valence-electron chi connectivity index (χ0n) is 18.8. The Balaban J connectivity index is 1.30. The van der Waals surface area contributed by atoms with Crippen molar-refractivity contribution >= 4 is 23.2 Å². The number of piperazine rings is 1. The molecule has 2 heterocycles.